The molecule has 0 saturated heterocycles. The minimum Gasteiger partial charge on any atom is -0.480 e. The number of nitrogens with one attached hydrogen (secondary N) is 2. The summed E-state index contributed by atoms with van der Waals surface area (Å²) in [5, 5.41) is 14.7. The van der Waals surface area contributed by atoms with Crippen LogP contribution >= 0.6 is 0 Å². The van der Waals surface area contributed by atoms with Gasteiger partial charge in [0.25, 0.3) is 0 Å². The summed E-state index contributed by atoms with van der Waals surface area (Å²) in [6.07, 6.45) is 3.28. The Morgan fingerprint density at radius 3 is 1.48 bits per heavy atom. The molecular weight excluding hydrogens is 394 g/mol. The molecule has 31 heavy (non-hydrogen) atoms. The summed E-state index contributed by atoms with van der Waals surface area (Å²) in [5.74, 6) is -1.65. The second-order valence-electron chi connectivity index (χ2n) is 7.42. The van der Waals surface area contributed by atoms with Crippen LogP contribution in [-0.4, -0.2) is 60.5 Å². The predicted octanol–water partition coefficient (Wildman–Crippen LogP) is 1.87. The molecule has 2 aromatic rings. The summed E-state index contributed by atoms with van der Waals surface area (Å²) < 4.78 is 0. The third-order valence-corrected chi connectivity index (χ3v) is 4.71. The fraction of sp³-hybridized carbons (Fsp3) is 0.375. The molecule has 0 unspecified atom stereocenters. The highest BCUT2D eigenvalue weighted by Gasteiger charge is 2.17. The summed E-state index contributed by atoms with van der Waals surface area (Å²) in [5.41, 5.74) is 2.40. The molecule has 0 aliphatic heterocycles. The number of carboxylic acids is 1. The third kappa shape index (κ3) is 11.0. The lowest BCUT2D eigenvalue weighted by atomic mass is 10.1. The van der Waals surface area contributed by atoms with Gasteiger partial charge in [0.15, 0.2) is 0 Å². The summed E-state index contributed by atoms with van der Waals surface area (Å²) in [7, 11) is 0. The SMILES string of the molecule is O=C(O)CN(CC(=O)NCCCc1ccccc1)CC(=O)NCCCc1ccccc1. The molecule has 0 saturated carbocycles. The lowest BCUT2D eigenvalue weighted by molar-refractivity contribution is -0.139. The monoisotopic (exact) mass is 425 g/mol. The van der Waals surface area contributed by atoms with Gasteiger partial charge >= 0.3 is 5.97 Å². The average Bonchev–Trinajstić information content (AvgIpc) is 2.75. The molecular formula is C24H31N3O4. The molecule has 0 atom stereocenters. The van der Waals surface area contributed by atoms with Crippen LogP contribution in [0.2, 0.25) is 0 Å². The van der Waals surface area contributed by atoms with Crippen molar-refractivity contribution in [1.29, 1.82) is 0 Å². The molecule has 0 fully saturated rings. The molecule has 0 heterocycles. The van der Waals surface area contributed by atoms with Gasteiger partial charge in [-0.2, -0.15) is 0 Å². The number of hydrogen-bond acceptors (Lipinski definition) is 4. The standard InChI is InChI=1S/C24H31N3O4/c28-22(25-15-7-13-20-9-3-1-4-10-20)17-27(19-24(30)31)18-23(29)26-16-8-14-21-11-5-2-6-12-21/h1-6,9-12H,7-8,13-19H2,(H,25,28)(H,26,29)(H,30,31). The number of amides is 2. The molecule has 0 aliphatic carbocycles. The van der Waals surface area contributed by atoms with Gasteiger partial charge in [-0.25, -0.2) is 0 Å². The molecule has 0 aliphatic rings. The van der Waals surface area contributed by atoms with E-state index < -0.39 is 5.97 Å². The molecule has 0 aromatic heterocycles. The van der Waals surface area contributed by atoms with Crippen LogP contribution in [0, 0.1) is 0 Å². The predicted molar refractivity (Wildman–Crippen MR) is 120 cm³/mol. The van der Waals surface area contributed by atoms with Gasteiger partial charge < -0.3 is 15.7 Å². The van der Waals surface area contributed by atoms with Gasteiger partial charge in [0.1, 0.15) is 0 Å². The summed E-state index contributed by atoms with van der Waals surface area (Å²) in [4.78, 5) is 36.8. The number of aryl methyl sites for hydroxylation is 2. The van der Waals surface area contributed by atoms with E-state index >= 15 is 0 Å². The van der Waals surface area contributed by atoms with Crippen molar-refractivity contribution >= 4 is 17.8 Å². The quantitative estimate of drug-likeness (QED) is 0.402. The van der Waals surface area contributed by atoms with Crippen LogP contribution in [0.3, 0.4) is 0 Å². The van der Waals surface area contributed by atoms with E-state index in [0.717, 1.165) is 25.7 Å². The summed E-state index contributed by atoms with van der Waals surface area (Å²) in [6, 6.07) is 20.0. The van der Waals surface area contributed by atoms with Gasteiger partial charge in [0, 0.05) is 13.1 Å². The van der Waals surface area contributed by atoms with Gasteiger partial charge in [0.05, 0.1) is 19.6 Å². The van der Waals surface area contributed by atoms with Crippen molar-refractivity contribution < 1.29 is 19.5 Å². The van der Waals surface area contributed by atoms with Gasteiger partial charge in [-0.1, -0.05) is 60.7 Å². The smallest absolute Gasteiger partial charge is 0.317 e. The van der Waals surface area contributed by atoms with E-state index in [-0.39, 0.29) is 31.4 Å². The van der Waals surface area contributed by atoms with Crippen molar-refractivity contribution in [2.75, 3.05) is 32.7 Å². The largest absolute Gasteiger partial charge is 0.480 e. The lowest BCUT2D eigenvalue weighted by Crippen LogP contribution is -2.45. The van der Waals surface area contributed by atoms with E-state index in [1.165, 1.54) is 16.0 Å². The fourth-order valence-electron chi connectivity index (χ4n) is 3.21. The Hall–Kier alpha value is -3.19. The first-order valence-electron chi connectivity index (χ1n) is 10.6. The van der Waals surface area contributed by atoms with Crippen LogP contribution in [0.5, 0.6) is 0 Å². The van der Waals surface area contributed by atoms with Crippen molar-refractivity contribution in [3.05, 3.63) is 71.8 Å². The van der Waals surface area contributed by atoms with E-state index in [1.807, 2.05) is 60.7 Å². The highest BCUT2D eigenvalue weighted by Crippen LogP contribution is 2.02. The maximum absolute atomic E-state index is 12.2. The zero-order chi connectivity index (χ0) is 22.3. The number of carbonyl (C=O) groups excluding carboxylic acids is 2. The molecule has 2 amide bonds. The minimum atomic E-state index is -1.08. The van der Waals surface area contributed by atoms with Crippen LogP contribution in [0.4, 0.5) is 0 Å². The van der Waals surface area contributed by atoms with Gasteiger partial charge in [0.2, 0.25) is 11.8 Å². The molecule has 0 spiro atoms. The Kier molecular flexibility index (Phi) is 10.8. The molecule has 166 valence electrons. The summed E-state index contributed by atoms with van der Waals surface area (Å²) >= 11 is 0. The molecule has 0 bridgehead atoms. The second-order valence-corrected chi connectivity index (χ2v) is 7.42. The number of carboxylic acid groups (broad SMARTS) is 1. The topological polar surface area (TPSA) is 98.7 Å². The number of rotatable bonds is 14. The van der Waals surface area contributed by atoms with Crippen molar-refractivity contribution in [2.24, 2.45) is 0 Å². The van der Waals surface area contributed by atoms with E-state index in [2.05, 4.69) is 10.6 Å². The lowest BCUT2D eigenvalue weighted by Gasteiger charge is -2.19. The van der Waals surface area contributed by atoms with Crippen molar-refractivity contribution in [2.45, 2.75) is 25.7 Å². The van der Waals surface area contributed by atoms with E-state index in [1.54, 1.807) is 0 Å². The molecule has 2 aromatic carbocycles. The highest BCUT2D eigenvalue weighted by atomic mass is 16.4. The Balaban J connectivity index is 1.66. The first kappa shape index (κ1) is 24.1. The van der Waals surface area contributed by atoms with Gasteiger partial charge in [-0.15, -0.1) is 0 Å². The molecule has 0 radical (unpaired) electrons. The second kappa shape index (κ2) is 13.9. The van der Waals surface area contributed by atoms with Crippen LogP contribution in [0.25, 0.3) is 0 Å². The zero-order valence-electron chi connectivity index (χ0n) is 17.8. The number of nitrogens with zero attached hydrogens (tertiary/aromatic N) is 1. The number of benzene rings is 2. The van der Waals surface area contributed by atoms with Crippen LogP contribution in [0.1, 0.15) is 24.0 Å². The maximum Gasteiger partial charge on any atom is 0.317 e. The summed E-state index contributed by atoms with van der Waals surface area (Å²) in [6.45, 7) is 0.375. The average molecular weight is 426 g/mol. The van der Waals surface area contributed by atoms with Crippen molar-refractivity contribution in [3.8, 4) is 0 Å². The normalized spacial score (nSPS) is 10.6. The Morgan fingerprint density at radius 2 is 1.10 bits per heavy atom. The number of aliphatic carboxylic acids is 1. The number of hydrogen-bond donors (Lipinski definition) is 3. The third-order valence-electron chi connectivity index (χ3n) is 4.71. The fourth-order valence-corrected chi connectivity index (χ4v) is 3.21. The van der Waals surface area contributed by atoms with Crippen LogP contribution in [0.15, 0.2) is 60.7 Å². The van der Waals surface area contributed by atoms with Crippen LogP contribution in [-0.2, 0) is 27.2 Å². The van der Waals surface area contributed by atoms with E-state index in [9.17, 15) is 14.4 Å². The number of carbonyl (C=O) groups is 3. The van der Waals surface area contributed by atoms with Crippen molar-refractivity contribution in [1.82, 2.24) is 15.5 Å². The molecule has 3 N–H and O–H groups in total. The Morgan fingerprint density at radius 1 is 0.677 bits per heavy atom. The van der Waals surface area contributed by atoms with Crippen LogP contribution < -0.4 is 10.6 Å². The first-order valence-corrected chi connectivity index (χ1v) is 10.6. The maximum atomic E-state index is 12.2. The molecule has 7 nitrogen and oxygen atoms in total. The molecule has 2 rings (SSSR count). The Labute approximate surface area is 183 Å². The van der Waals surface area contributed by atoms with Gasteiger partial charge in [-0.3, -0.25) is 19.3 Å². The zero-order valence-corrected chi connectivity index (χ0v) is 17.8. The van der Waals surface area contributed by atoms with Crippen molar-refractivity contribution in [3.63, 3.8) is 0 Å². The minimum absolute atomic E-state index is 0.130. The van der Waals surface area contributed by atoms with Gasteiger partial charge in [-0.05, 0) is 36.8 Å². The highest BCUT2D eigenvalue weighted by molar-refractivity contribution is 5.82. The van der Waals surface area contributed by atoms with E-state index in [0.29, 0.717) is 13.1 Å². The Bertz CT molecular complexity index is 751. The molecule has 7 heteroatoms. The first-order chi connectivity index (χ1) is 15.0. The van der Waals surface area contributed by atoms with E-state index in [4.69, 9.17) is 5.11 Å².